The highest BCUT2D eigenvalue weighted by atomic mass is 32.1. The molecule has 2 bridgehead atoms. The molecular weight excluding hydrogens is 342 g/mol. The van der Waals surface area contributed by atoms with Crippen LogP contribution in [0.2, 0.25) is 0 Å². The Labute approximate surface area is 150 Å². The molecule has 1 heterocycles. The molecule has 3 rings (SSSR count). The van der Waals surface area contributed by atoms with Gasteiger partial charge in [-0.3, -0.25) is 4.79 Å². The van der Waals surface area contributed by atoms with Crippen LogP contribution in [0.1, 0.15) is 47.0 Å². The number of rotatable bonds is 5. The Bertz CT molecular complexity index is 725. The molecule has 7 heteroatoms. The minimum Gasteiger partial charge on any atom is -0.550 e. The van der Waals surface area contributed by atoms with Crippen LogP contribution in [0, 0.1) is 37.5 Å². The number of aryl methyl sites for hydroxylation is 1. The van der Waals surface area contributed by atoms with Crippen molar-refractivity contribution in [3.63, 3.8) is 0 Å². The summed E-state index contributed by atoms with van der Waals surface area (Å²) in [4.78, 5) is 37.5. The number of ether oxygens (including phenoxy) is 1. The fraction of sp³-hybridized carbons (Fsp3) is 0.611. The Hall–Kier alpha value is -1.89. The minimum atomic E-state index is -1.14. The molecule has 2 aliphatic rings. The molecule has 1 aromatic rings. The van der Waals surface area contributed by atoms with Crippen LogP contribution in [-0.4, -0.2) is 24.5 Å². The summed E-state index contributed by atoms with van der Waals surface area (Å²) < 4.78 is 5.09. The van der Waals surface area contributed by atoms with Crippen LogP contribution < -0.4 is 10.4 Å². The van der Waals surface area contributed by atoms with Gasteiger partial charge in [0.15, 0.2) is 0 Å². The first-order valence-corrected chi connectivity index (χ1v) is 9.45. The summed E-state index contributed by atoms with van der Waals surface area (Å²) in [5, 5.41) is 14.8. The van der Waals surface area contributed by atoms with Gasteiger partial charge >= 0.3 is 5.97 Å². The van der Waals surface area contributed by atoms with Gasteiger partial charge in [-0.1, -0.05) is 0 Å². The van der Waals surface area contributed by atoms with Crippen molar-refractivity contribution in [2.45, 2.75) is 40.0 Å². The molecule has 0 aliphatic heterocycles. The van der Waals surface area contributed by atoms with Gasteiger partial charge in [0, 0.05) is 22.7 Å². The molecule has 6 nitrogen and oxygen atoms in total. The second kappa shape index (κ2) is 6.78. The van der Waals surface area contributed by atoms with Gasteiger partial charge in [-0.2, -0.15) is 0 Å². The maximum absolute atomic E-state index is 12.8. The van der Waals surface area contributed by atoms with Crippen molar-refractivity contribution in [2.24, 2.45) is 23.7 Å². The van der Waals surface area contributed by atoms with Gasteiger partial charge < -0.3 is 20.0 Å². The van der Waals surface area contributed by atoms with Gasteiger partial charge in [0.1, 0.15) is 5.00 Å². The third-order valence-electron chi connectivity index (χ3n) is 5.59. The summed E-state index contributed by atoms with van der Waals surface area (Å²) in [5.74, 6) is -3.13. The van der Waals surface area contributed by atoms with E-state index in [2.05, 4.69) is 5.32 Å². The van der Waals surface area contributed by atoms with E-state index < -0.39 is 23.8 Å². The number of fused-ring (bicyclic) bond motifs is 2. The number of aliphatic carboxylic acids is 1. The Balaban J connectivity index is 1.85. The molecule has 4 atom stereocenters. The van der Waals surface area contributed by atoms with E-state index >= 15 is 0 Å². The smallest absolute Gasteiger partial charge is 0.341 e. The lowest BCUT2D eigenvalue weighted by molar-refractivity contribution is -0.314. The number of anilines is 1. The van der Waals surface area contributed by atoms with Crippen LogP contribution in [-0.2, 0) is 14.3 Å². The zero-order valence-electron chi connectivity index (χ0n) is 14.6. The normalized spacial score (nSPS) is 27.3. The molecule has 2 fully saturated rings. The van der Waals surface area contributed by atoms with E-state index in [0.29, 0.717) is 10.6 Å². The van der Waals surface area contributed by atoms with Crippen LogP contribution >= 0.6 is 11.3 Å². The first kappa shape index (κ1) is 17.9. The molecule has 0 aromatic carbocycles. The lowest BCUT2D eigenvalue weighted by atomic mass is 9.79. The Morgan fingerprint density at radius 3 is 2.44 bits per heavy atom. The predicted molar refractivity (Wildman–Crippen MR) is 91.2 cm³/mol. The predicted octanol–water partition coefficient (Wildman–Crippen LogP) is 1.89. The lowest BCUT2D eigenvalue weighted by Gasteiger charge is -2.30. The third-order valence-corrected chi connectivity index (χ3v) is 6.72. The SMILES string of the molecule is CCOC(=O)c1c(NC(=O)[C@@H]2[C@@H]3CC[C@H](C3)[C@@H]2C(=O)[O-])sc(C)c1C. The van der Waals surface area contributed by atoms with E-state index in [0.717, 1.165) is 29.7 Å². The third kappa shape index (κ3) is 3.05. The lowest BCUT2D eigenvalue weighted by Crippen LogP contribution is -2.44. The van der Waals surface area contributed by atoms with Crippen LogP contribution in [0.5, 0.6) is 0 Å². The van der Waals surface area contributed by atoms with E-state index in [-0.39, 0.29) is 24.3 Å². The van der Waals surface area contributed by atoms with E-state index in [1.807, 2.05) is 13.8 Å². The number of carbonyl (C=O) groups excluding carboxylic acids is 3. The van der Waals surface area contributed by atoms with Crippen molar-refractivity contribution < 1.29 is 24.2 Å². The average Bonchev–Trinajstić information content (AvgIpc) is 3.21. The first-order valence-electron chi connectivity index (χ1n) is 8.63. The maximum atomic E-state index is 12.8. The summed E-state index contributed by atoms with van der Waals surface area (Å²) in [6.45, 7) is 5.67. The van der Waals surface area contributed by atoms with Gasteiger partial charge in [0.05, 0.1) is 12.2 Å². The van der Waals surface area contributed by atoms with Gasteiger partial charge in [0.2, 0.25) is 5.91 Å². The van der Waals surface area contributed by atoms with Crippen LogP contribution in [0.15, 0.2) is 0 Å². The van der Waals surface area contributed by atoms with Crippen molar-refractivity contribution >= 4 is 34.2 Å². The van der Waals surface area contributed by atoms with Gasteiger partial charge in [0.25, 0.3) is 0 Å². The van der Waals surface area contributed by atoms with Crippen LogP contribution in [0.25, 0.3) is 0 Å². The van der Waals surface area contributed by atoms with Crippen molar-refractivity contribution in [3.8, 4) is 0 Å². The number of carbonyl (C=O) groups is 3. The monoisotopic (exact) mass is 364 g/mol. The number of hydrogen-bond acceptors (Lipinski definition) is 6. The van der Waals surface area contributed by atoms with Crippen LogP contribution in [0.3, 0.4) is 0 Å². The molecule has 0 spiro atoms. The number of amides is 1. The molecule has 0 unspecified atom stereocenters. The summed E-state index contributed by atoms with van der Waals surface area (Å²) in [5.41, 5.74) is 1.15. The molecule has 136 valence electrons. The number of hydrogen-bond donors (Lipinski definition) is 1. The van der Waals surface area contributed by atoms with Gasteiger partial charge in [-0.05, 0) is 57.4 Å². The number of carboxylic acid groups (broad SMARTS) is 1. The van der Waals surface area contributed by atoms with Crippen molar-refractivity contribution in [3.05, 3.63) is 16.0 Å². The second-order valence-corrected chi connectivity index (χ2v) is 8.13. The Kier molecular flexibility index (Phi) is 4.86. The van der Waals surface area contributed by atoms with E-state index in [4.69, 9.17) is 4.74 Å². The number of esters is 1. The number of thiophene rings is 1. The molecule has 2 aliphatic carbocycles. The first-order chi connectivity index (χ1) is 11.8. The van der Waals surface area contributed by atoms with Crippen molar-refractivity contribution in [1.29, 1.82) is 0 Å². The largest absolute Gasteiger partial charge is 0.550 e. The van der Waals surface area contributed by atoms with Gasteiger partial charge in [-0.15, -0.1) is 11.3 Å². The van der Waals surface area contributed by atoms with E-state index in [9.17, 15) is 19.5 Å². The maximum Gasteiger partial charge on any atom is 0.341 e. The van der Waals surface area contributed by atoms with E-state index in [1.165, 1.54) is 11.3 Å². The van der Waals surface area contributed by atoms with E-state index in [1.54, 1.807) is 6.92 Å². The molecule has 0 saturated heterocycles. The number of carboxylic acids is 1. The topological polar surface area (TPSA) is 95.5 Å². The highest BCUT2D eigenvalue weighted by Crippen LogP contribution is 2.52. The summed E-state index contributed by atoms with van der Waals surface area (Å²) in [6.07, 6.45) is 2.49. The molecule has 25 heavy (non-hydrogen) atoms. The Morgan fingerprint density at radius 2 is 1.84 bits per heavy atom. The van der Waals surface area contributed by atoms with Crippen molar-refractivity contribution in [1.82, 2.24) is 0 Å². The standard InChI is InChI=1S/C18H23NO5S/c1-4-24-18(23)12-8(2)9(3)25-16(12)19-15(20)13-10-5-6-11(7-10)14(13)17(21)22/h10-11,13-14H,4-7H2,1-3H3,(H,19,20)(H,21,22)/p-1/t10-,11-,13-,14+/m1/s1. The van der Waals surface area contributed by atoms with Gasteiger partial charge in [-0.25, -0.2) is 4.79 Å². The quantitative estimate of drug-likeness (QED) is 0.805. The molecule has 2 saturated carbocycles. The average molecular weight is 364 g/mol. The fourth-order valence-corrected chi connectivity index (χ4v) is 5.42. The van der Waals surface area contributed by atoms with Crippen molar-refractivity contribution in [2.75, 3.05) is 11.9 Å². The highest BCUT2D eigenvalue weighted by Gasteiger charge is 2.51. The molecule has 0 radical (unpaired) electrons. The molecular formula is C18H22NO5S-. The summed E-state index contributed by atoms with van der Waals surface area (Å²) >= 11 is 1.32. The molecule has 1 amide bonds. The zero-order valence-corrected chi connectivity index (χ0v) is 15.4. The highest BCUT2D eigenvalue weighted by molar-refractivity contribution is 7.16. The second-order valence-electron chi connectivity index (χ2n) is 6.90. The molecule has 1 aromatic heterocycles. The fourth-order valence-electron chi connectivity index (χ4n) is 4.37. The summed E-state index contributed by atoms with van der Waals surface area (Å²) in [6, 6.07) is 0. The minimum absolute atomic E-state index is 0.0297. The summed E-state index contributed by atoms with van der Waals surface area (Å²) in [7, 11) is 0. The molecule has 1 N–H and O–H groups in total. The number of nitrogens with one attached hydrogen (secondary N) is 1. The van der Waals surface area contributed by atoms with Crippen LogP contribution in [0.4, 0.5) is 5.00 Å². The Morgan fingerprint density at radius 1 is 1.20 bits per heavy atom. The zero-order chi connectivity index (χ0) is 18.3.